The Hall–Kier alpha value is -1.10. The molecule has 0 aromatic rings. The molecule has 0 bridgehead atoms. The van der Waals surface area contributed by atoms with Gasteiger partial charge >= 0.3 is 0 Å². The van der Waals surface area contributed by atoms with Crippen molar-refractivity contribution in [2.24, 2.45) is 5.92 Å². The number of amides is 2. The molecule has 2 atom stereocenters. The number of likely N-dealkylation sites (N-methyl/N-ethyl adjacent to an activating group) is 1. The van der Waals surface area contributed by atoms with Crippen molar-refractivity contribution >= 4 is 11.8 Å². The first kappa shape index (κ1) is 12.9. The third kappa shape index (κ3) is 2.76. The van der Waals surface area contributed by atoms with E-state index >= 15 is 0 Å². The topological polar surface area (TPSA) is 52.6 Å². The predicted molar refractivity (Wildman–Crippen MR) is 71.5 cm³/mol. The van der Waals surface area contributed by atoms with Crippen LogP contribution in [0, 0.1) is 5.92 Å². The fourth-order valence-electron chi connectivity index (χ4n) is 3.26. The van der Waals surface area contributed by atoms with E-state index in [2.05, 4.69) is 17.3 Å². The SMILES string of the molecule is CN1CCCCC1CN1CC(=O)NC(C2CC2)C1=O. The lowest BCUT2D eigenvalue weighted by Gasteiger charge is -2.39. The van der Waals surface area contributed by atoms with E-state index in [0.29, 0.717) is 18.5 Å². The molecule has 3 aliphatic rings. The molecule has 3 rings (SSSR count). The monoisotopic (exact) mass is 265 g/mol. The van der Waals surface area contributed by atoms with E-state index < -0.39 is 0 Å². The molecule has 5 nitrogen and oxygen atoms in total. The Balaban J connectivity index is 1.64. The summed E-state index contributed by atoms with van der Waals surface area (Å²) in [4.78, 5) is 28.3. The van der Waals surface area contributed by atoms with Crippen LogP contribution in [0.4, 0.5) is 0 Å². The maximum absolute atomic E-state index is 12.4. The summed E-state index contributed by atoms with van der Waals surface area (Å²) in [6.07, 6.45) is 5.76. The van der Waals surface area contributed by atoms with Gasteiger partial charge < -0.3 is 15.1 Å². The normalized spacial score (nSPS) is 33.4. The zero-order valence-electron chi connectivity index (χ0n) is 11.6. The van der Waals surface area contributed by atoms with Crippen LogP contribution in [0.2, 0.25) is 0 Å². The molecule has 0 aromatic carbocycles. The average Bonchev–Trinajstić information content (AvgIpc) is 3.20. The first-order valence-electron chi connectivity index (χ1n) is 7.43. The van der Waals surface area contributed by atoms with Crippen molar-refractivity contribution < 1.29 is 9.59 Å². The van der Waals surface area contributed by atoms with Crippen LogP contribution >= 0.6 is 0 Å². The number of piperidine rings is 1. The summed E-state index contributed by atoms with van der Waals surface area (Å²) < 4.78 is 0. The van der Waals surface area contributed by atoms with Gasteiger partial charge in [0.15, 0.2) is 0 Å². The Labute approximate surface area is 114 Å². The van der Waals surface area contributed by atoms with Crippen LogP contribution in [0.25, 0.3) is 0 Å². The van der Waals surface area contributed by atoms with E-state index in [1.807, 2.05) is 0 Å². The number of piperazine rings is 1. The fraction of sp³-hybridized carbons (Fsp3) is 0.857. The van der Waals surface area contributed by atoms with E-state index in [0.717, 1.165) is 25.8 Å². The van der Waals surface area contributed by atoms with Crippen molar-refractivity contribution in [1.29, 1.82) is 0 Å². The summed E-state index contributed by atoms with van der Waals surface area (Å²) in [6.45, 7) is 2.06. The van der Waals surface area contributed by atoms with Gasteiger partial charge in [-0.1, -0.05) is 6.42 Å². The third-order valence-electron chi connectivity index (χ3n) is 4.67. The minimum absolute atomic E-state index is 0.00922. The quantitative estimate of drug-likeness (QED) is 0.793. The number of nitrogens with one attached hydrogen (secondary N) is 1. The van der Waals surface area contributed by atoms with E-state index in [4.69, 9.17) is 0 Å². The highest BCUT2D eigenvalue weighted by molar-refractivity contribution is 5.95. The number of hydrogen-bond acceptors (Lipinski definition) is 3. The largest absolute Gasteiger partial charge is 0.342 e. The lowest BCUT2D eigenvalue weighted by molar-refractivity contribution is -0.145. The second-order valence-corrected chi connectivity index (χ2v) is 6.23. The van der Waals surface area contributed by atoms with Gasteiger partial charge in [0.1, 0.15) is 6.04 Å². The Bertz CT molecular complexity index is 381. The molecule has 106 valence electrons. The molecular formula is C14H23N3O2. The second kappa shape index (κ2) is 5.12. The molecule has 0 radical (unpaired) electrons. The third-order valence-corrected chi connectivity index (χ3v) is 4.67. The minimum Gasteiger partial charge on any atom is -0.342 e. The van der Waals surface area contributed by atoms with Gasteiger partial charge in [0.2, 0.25) is 11.8 Å². The van der Waals surface area contributed by atoms with Gasteiger partial charge in [-0.3, -0.25) is 9.59 Å². The first-order valence-corrected chi connectivity index (χ1v) is 7.43. The Morgan fingerprint density at radius 2 is 2.00 bits per heavy atom. The zero-order valence-corrected chi connectivity index (χ0v) is 11.6. The molecule has 1 saturated carbocycles. The molecule has 1 aliphatic carbocycles. The summed E-state index contributed by atoms with van der Waals surface area (Å²) >= 11 is 0. The smallest absolute Gasteiger partial charge is 0.245 e. The molecule has 1 N–H and O–H groups in total. The highest BCUT2D eigenvalue weighted by Gasteiger charge is 2.43. The molecule has 0 spiro atoms. The Morgan fingerprint density at radius 1 is 1.21 bits per heavy atom. The number of hydrogen-bond donors (Lipinski definition) is 1. The standard InChI is InChI=1S/C14H23N3O2/c1-16-7-3-2-4-11(16)8-17-9-12(18)15-13(14(17)19)10-5-6-10/h10-11,13H,2-9H2,1H3,(H,15,18). The van der Waals surface area contributed by atoms with Crippen molar-refractivity contribution in [2.75, 3.05) is 26.7 Å². The van der Waals surface area contributed by atoms with E-state index in [-0.39, 0.29) is 24.4 Å². The summed E-state index contributed by atoms with van der Waals surface area (Å²) in [5, 5.41) is 2.86. The summed E-state index contributed by atoms with van der Waals surface area (Å²) in [5.41, 5.74) is 0. The second-order valence-electron chi connectivity index (χ2n) is 6.23. The van der Waals surface area contributed by atoms with E-state index in [9.17, 15) is 9.59 Å². The van der Waals surface area contributed by atoms with Crippen molar-refractivity contribution in [3.8, 4) is 0 Å². The summed E-state index contributed by atoms with van der Waals surface area (Å²) in [6, 6.07) is 0.179. The molecule has 5 heteroatoms. The Morgan fingerprint density at radius 3 is 2.68 bits per heavy atom. The van der Waals surface area contributed by atoms with Gasteiger partial charge in [0.25, 0.3) is 0 Å². The molecule has 2 heterocycles. The number of carbonyl (C=O) groups excluding carboxylic acids is 2. The number of carbonyl (C=O) groups is 2. The molecule has 19 heavy (non-hydrogen) atoms. The first-order chi connectivity index (χ1) is 9.15. The summed E-state index contributed by atoms with van der Waals surface area (Å²) in [5.74, 6) is 0.541. The summed E-state index contributed by atoms with van der Waals surface area (Å²) in [7, 11) is 2.12. The average molecular weight is 265 g/mol. The number of nitrogens with zero attached hydrogens (tertiary/aromatic N) is 2. The van der Waals surface area contributed by atoms with Gasteiger partial charge in [-0.25, -0.2) is 0 Å². The lowest BCUT2D eigenvalue weighted by atomic mass is 10.0. The van der Waals surface area contributed by atoms with Gasteiger partial charge in [0, 0.05) is 12.6 Å². The molecule has 2 amide bonds. The van der Waals surface area contributed by atoms with E-state index in [1.54, 1.807) is 4.90 Å². The maximum atomic E-state index is 12.4. The zero-order chi connectivity index (χ0) is 13.4. The lowest BCUT2D eigenvalue weighted by Crippen LogP contribution is -2.61. The van der Waals surface area contributed by atoms with Gasteiger partial charge in [0.05, 0.1) is 6.54 Å². The Kier molecular flexibility index (Phi) is 3.48. The maximum Gasteiger partial charge on any atom is 0.245 e. The highest BCUT2D eigenvalue weighted by atomic mass is 16.2. The van der Waals surface area contributed by atoms with Crippen LogP contribution in [-0.2, 0) is 9.59 Å². The van der Waals surface area contributed by atoms with Crippen molar-refractivity contribution in [3.05, 3.63) is 0 Å². The molecule has 2 unspecified atom stereocenters. The predicted octanol–water partition coefficient (Wildman–Crippen LogP) is 0.208. The number of rotatable bonds is 3. The van der Waals surface area contributed by atoms with Crippen LogP contribution in [-0.4, -0.2) is 60.4 Å². The van der Waals surface area contributed by atoms with Crippen LogP contribution in [0.3, 0.4) is 0 Å². The molecule has 2 aliphatic heterocycles. The van der Waals surface area contributed by atoms with Crippen molar-refractivity contribution in [2.45, 2.75) is 44.2 Å². The van der Waals surface area contributed by atoms with Gasteiger partial charge in [-0.2, -0.15) is 0 Å². The van der Waals surface area contributed by atoms with E-state index in [1.165, 1.54) is 12.8 Å². The number of likely N-dealkylation sites (tertiary alicyclic amines) is 1. The van der Waals surface area contributed by atoms with Crippen molar-refractivity contribution in [1.82, 2.24) is 15.1 Å². The van der Waals surface area contributed by atoms with Gasteiger partial charge in [-0.15, -0.1) is 0 Å². The molecular weight excluding hydrogens is 242 g/mol. The van der Waals surface area contributed by atoms with Crippen LogP contribution in [0.1, 0.15) is 32.1 Å². The van der Waals surface area contributed by atoms with Crippen LogP contribution in [0.5, 0.6) is 0 Å². The van der Waals surface area contributed by atoms with Gasteiger partial charge in [-0.05, 0) is 45.2 Å². The van der Waals surface area contributed by atoms with Crippen LogP contribution < -0.4 is 5.32 Å². The van der Waals surface area contributed by atoms with Crippen molar-refractivity contribution in [3.63, 3.8) is 0 Å². The molecule has 3 fully saturated rings. The minimum atomic E-state index is -0.241. The molecule has 2 saturated heterocycles. The molecule has 0 aromatic heterocycles. The van der Waals surface area contributed by atoms with Crippen LogP contribution in [0.15, 0.2) is 0 Å². The fourth-order valence-corrected chi connectivity index (χ4v) is 3.26. The highest BCUT2D eigenvalue weighted by Crippen LogP contribution is 2.34.